The SMILES string of the molecule is CC(N)C1CC1c1c(F)cccc1Cl. The van der Waals surface area contributed by atoms with E-state index in [-0.39, 0.29) is 17.8 Å². The van der Waals surface area contributed by atoms with Crippen LogP contribution in [0.25, 0.3) is 0 Å². The Morgan fingerprint density at radius 2 is 2.29 bits per heavy atom. The Balaban J connectivity index is 2.26. The second-order valence-corrected chi connectivity index (χ2v) is 4.41. The summed E-state index contributed by atoms with van der Waals surface area (Å²) in [5.74, 6) is 0.416. The summed E-state index contributed by atoms with van der Waals surface area (Å²) in [6, 6.07) is 4.94. The minimum Gasteiger partial charge on any atom is -0.328 e. The molecule has 0 radical (unpaired) electrons. The van der Waals surface area contributed by atoms with Gasteiger partial charge in [0.15, 0.2) is 0 Å². The maximum Gasteiger partial charge on any atom is 0.128 e. The average Bonchev–Trinajstić information content (AvgIpc) is 2.83. The van der Waals surface area contributed by atoms with E-state index in [2.05, 4.69) is 0 Å². The number of hydrogen-bond donors (Lipinski definition) is 1. The lowest BCUT2D eigenvalue weighted by Gasteiger charge is -2.06. The third kappa shape index (κ3) is 1.64. The van der Waals surface area contributed by atoms with Crippen LogP contribution < -0.4 is 5.73 Å². The molecule has 1 aliphatic carbocycles. The highest BCUT2D eigenvalue weighted by Crippen LogP contribution is 2.51. The first-order valence-corrected chi connectivity index (χ1v) is 5.18. The summed E-state index contributed by atoms with van der Waals surface area (Å²) in [4.78, 5) is 0. The lowest BCUT2D eigenvalue weighted by Crippen LogP contribution is -2.18. The van der Waals surface area contributed by atoms with Crippen molar-refractivity contribution in [1.29, 1.82) is 0 Å². The molecule has 1 aliphatic rings. The number of hydrogen-bond acceptors (Lipinski definition) is 1. The van der Waals surface area contributed by atoms with Crippen LogP contribution in [0.4, 0.5) is 4.39 Å². The Morgan fingerprint density at radius 1 is 1.57 bits per heavy atom. The molecule has 76 valence electrons. The van der Waals surface area contributed by atoms with Crippen molar-refractivity contribution in [2.75, 3.05) is 0 Å². The number of nitrogens with two attached hydrogens (primary N) is 1. The number of rotatable bonds is 2. The quantitative estimate of drug-likeness (QED) is 0.803. The van der Waals surface area contributed by atoms with Gasteiger partial charge in [-0.05, 0) is 37.3 Å². The van der Waals surface area contributed by atoms with Crippen LogP contribution in [0.1, 0.15) is 24.8 Å². The first-order valence-electron chi connectivity index (χ1n) is 4.80. The highest BCUT2D eigenvalue weighted by molar-refractivity contribution is 6.31. The van der Waals surface area contributed by atoms with Gasteiger partial charge in [-0.1, -0.05) is 17.7 Å². The van der Waals surface area contributed by atoms with Crippen molar-refractivity contribution in [3.05, 3.63) is 34.6 Å². The Kier molecular flexibility index (Phi) is 2.50. The minimum absolute atomic E-state index is 0.121. The van der Waals surface area contributed by atoms with Gasteiger partial charge in [-0.3, -0.25) is 0 Å². The predicted molar refractivity (Wildman–Crippen MR) is 55.9 cm³/mol. The van der Waals surface area contributed by atoms with Crippen molar-refractivity contribution in [3.8, 4) is 0 Å². The Bertz CT molecular complexity index is 331. The van der Waals surface area contributed by atoms with E-state index in [9.17, 15) is 4.39 Å². The molecule has 2 rings (SSSR count). The molecule has 1 fully saturated rings. The molecule has 0 amide bonds. The van der Waals surface area contributed by atoms with Gasteiger partial charge in [0.25, 0.3) is 0 Å². The zero-order chi connectivity index (χ0) is 10.3. The van der Waals surface area contributed by atoms with Gasteiger partial charge in [0.1, 0.15) is 5.82 Å². The van der Waals surface area contributed by atoms with Crippen LogP contribution in [0, 0.1) is 11.7 Å². The molecule has 14 heavy (non-hydrogen) atoms. The zero-order valence-electron chi connectivity index (χ0n) is 8.00. The molecule has 1 aromatic carbocycles. The molecule has 1 saturated carbocycles. The van der Waals surface area contributed by atoms with Crippen molar-refractivity contribution in [1.82, 2.24) is 0 Å². The molecule has 0 saturated heterocycles. The standard InChI is InChI=1S/C11H13ClFN/c1-6(14)7-5-8(7)11-9(12)3-2-4-10(11)13/h2-4,6-8H,5,14H2,1H3. The topological polar surface area (TPSA) is 26.0 Å². The molecule has 0 bridgehead atoms. The second-order valence-electron chi connectivity index (χ2n) is 4.00. The van der Waals surface area contributed by atoms with Crippen molar-refractivity contribution < 1.29 is 4.39 Å². The summed E-state index contributed by atoms with van der Waals surface area (Å²) < 4.78 is 13.5. The van der Waals surface area contributed by atoms with E-state index >= 15 is 0 Å². The molecule has 1 nitrogen and oxygen atoms in total. The van der Waals surface area contributed by atoms with Crippen LogP contribution in [-0.2, 0) is 0 Å². The van der Waals surface area contributed by atoms with E-state index in [4.69, 9.17) is 17.3 Å². The molecule has 3 atom stereocenters. The van der Waals surface area contributed by atoms with Gasteiger partial charge in [0, 0.05) is 16.6 Å². The third-order valence-corrected chi connectivity index (χ3v) is 3.22. The van der Waals surface area contributed by atoms with Gasteiger partial charge in [-0.2, -0.15) is 0 Å². The van der Waals surface area contributed by atoms with Crippen LogP contribution >= 0.6 is 11.6 Å². The van der Waals surface area contributed by atoms with E-state index in [1.807, 2.05) is 6.92 Å². The van der Waals surface area contributed by atoms with Crippen LogP contribution in [0.3, 0.4) is 0 Å². The molecular weight excluding hydrogens is 201 g/mol. The lowest BCUT2D eigenvalue weighted by molar-refractivity contribution is 0.589. The van der Waals surface area contributed by atoms with Gasteiger partial charge in [-0.25, -0.2) is 4.39 Å². The number of halogens is 2. The van der Waals surface area contributed by atoms with Crippen molar-refractivity contribution in [2.45, 2.75) is 25.3 Å². The van der Waals surface area contributed by atoms with Crippen LogP contribution in [-0.4, -0.2) is 6.04 Å². The summed E-state index contributed by atoms with van der Waals surface area (Å²) in [7, 11) is 0. The zero-order valence-corrected chi connectivity index (χ0v) is 8.76. The fourth-order valence-electron chi connectivity index (χ4n) is 1.99. The summed E-state index contributed by atoms with van der Waals surface area (Å²) in [5.41, 5.74) is 6.41. The summed E-state index contributed by atoms with van der Waals surface area (Å²) in [6.07, 6.45) is 0.957. The maximum absolute atomic E-state index is 13.5. The molecule has 2 N–H and O–H groups in total. The highest BCUT2D eigenvalue weighted by Gasteiger charge is 2.43. The van der Waals surface area contributed by atoms with E-state index < -0.39 is 0 Å². The largest absolute Gasteiger partial charge is 0.328 e. The molecule has 1 aromatic rings. The summed E-state index contributed by atoms with van der Waals surface area (Å²) in [5, 5.41) is 0.526. The molecule has 0 heterocycles. The predicted octanol–water partition coefficient (Wildman–Crippen LogP) is 2.93. The molecule has 3 heteroatoms. The smallest absolute Gasteiger partial charge is 0.128 e. The third-order valence-electron chi connectivity index (χ3n) is 2.89. The van der Waals surface area contributed by atoms with Gasteiger partial charge in [0.05, 0.1) is 0 Å². The van der Waals surface area contributed by atoms with Crippen LogP contribution in [0.5, 0.6) is 0 Å². The van der Waals surface area contributed by atoms with Crippen LogP contribution in [0.15, 0.2) is 18.2 Å². The highest BCUT2D eigenvalue weighted by atomic mass is 35.5. The minimum atomic E-state index is -0.203. The Morgan fingerprint density at radius 3 is 2.79 bits per heavy atom. The van der Waals surface area contributed by atoms with E-state index in [1.165, 1.54) is 6.07 Å². The first-order chi connectivity index (χ1) is 6.61. The van der Waals surface area contributed by atoms with Gasteiger partial charge in [-0.15, -0.1) is 0 Å². The molecule has 0 aromatic heterocycles. The molecule has 3 unspecified atom stereocenters. The van der Waals surface area contributed by atoms with E-state index in [1.54, 1.807) is 12.1 Å². The second kappa shape index (κ2) is 3.52. The fourth-order valence-corrected chi connectivity index (χ4v) is 2.30. The van der Waals surface area contributed by atoms with E-state index in [0.717, 1.165) is 6.42 Å². The Labute approximate surface area is 88.1 Å². The van der Waals surface area contributed by atoms with E-state index in [0.29, 0.717) is 16.5 Å². The molecule has 0 spiro atoms. The molecule has 0 aliphatic heterocycles. The van der Waals surface area contributed by atoms with Gasteiger partial charge < -0.3 is 5.73 Å². The maximum atomic E-state index is 13.5. The first kappa shape index (κ1) is 9.94. The summed E-state index contributed by atoms with van der Waals surface area (Å²) in [6.45, 7) is 1.96. The molecular formula is C11H13ClFN. The average molecular weight is 214 g/mol. The van der Waals surface area contributed by atoms with Gasteiger partial charge in [0.2, 0.25) is 0 Å². The lowest BCUT2D eigenvalue weighted by atomic mass is 10.1. The number of benzene rings is 1. The monoisotopic (exact) mass is 213 g/mol. The Hall–Kier alpha value is -0.600. The van der Waals surface area contributed by atoms with Crippen molar-refractivity contribution in [3.63, 3.8) is 0 Å². The van der Waals surface area contributed by atoms with Gasteiger partial charge >= 0.3 is 0 Å². The summed E-state index contributed by atoms with van der Waals surface area (Å²) >= 11 is 5.95. The fraction of sp³-hybridized carbons (Fsp3) is 0.455. The van der Waals surface area contributed by atoms with Crippen molar-refractivity contribution in [2.24, 2.45) is 11.7 Å². The normalized spacial score (nSPS) is 27.4. The van der Waals surface area contributed by atoms with Crippen molar-refractivity contribution >= 4 is 11.6 Å². The van der Waals surface area contributed by atoms with Crippen LogP contribution in [0.2, 0.25) is 5.02 Å².